The van der Waals surface area contributed by atoms with Gasteiger partial charge in [-0.05, 0) is 18.6 Å². The molecule has 0 aliphatic carbocycles. The Morgan fingerprint density at radius 3 is 2.60 bits per heavy atom. The van der Waals surface area contributed by atoms with E-state index in [1.165, 1.54) is 12.1 Å². The fourth-order valence-electron chi connectivity index (χ4n) is 1.39. The zero-order valence-corrected chi connectivity index (χ0v) is 10.3. The smallest absolute Gasteiger partial charge is 0.382 e. The number of rotatable bonds is 4. The Labute approximate surface area is 111 Å². The van der Waals surface area contributed by atoms with Crippen molar-refractivity contribution >= 4 is 11.6 Å². The highest BCUT2D eigenvalue weighted by atomic mass is 19.4. The molecule has 1 atom stereocenters. The fourth-order valence-corrected chi connectivity index (χ4v) is 1.39. The second-order valence-corrected chi connectivity index (χ2v) is 4.05. The number of nitro benzene ring substituents is 1. The minimum Gasteiger partial charge on any atom is -0.382 e. The van der Waals surface area contributed by atoms with Crippen LogP contribution in [0.15, 0.2) is 18.2 Å². The van der Waals surface area contributed by atoms with Gasteiger partial charge in [-0.2, -0.15) is 13.2 Å². The first-order chi connectivity index (χ1) is 9.12. The van der Waals surface area contributed by atoms with Gasteiger partial charge in [0.15, 0.2) is 6.10 Å². The molecule has 0 saturated heterocycles. The van der Waals surface area contributed by atoms with Gasteiger partial charge in [0, 0.05) is 6.07 Å². The number of benzene rings is 1. The Morgan fingerprint density at radius 2 is 2.10 bits per heavy atom. The largest absolute Gasteiger partial charge is 0.416 e. The van der Waals surface area contributed by atoms with Crippen molar-refractivity contribution in [2.45, 2.75) is 19.2 Å². The van der Waals surface area contributed by atoms with Crippen LogP contribution in [0.25, 0.3) is 0 Å². The number of nitrogens with zero attached hydrogens (tertiary/aromatic N) is 1. The van der Waals surface area contributed by atoms with Crippen molar-refractivity contribution in [1.29, 1.82) is 0 Å². The van der Waals surface area contributed by atoms with Crippen molar-refractivity contribution in [3.63, 3.8) is 0 Å². The molecule has 1 amide bonds. The monoisotopic (exact) mass is 292 g/mol. The predicted molar refractivity (Wildman–Crippen MR) is 62.2 cm³/mol. The maximum atomic E-state index is 12.1. The van der Waals surface area contributed by atoms with Crippen LogP contribution < -0.4 is 5.32 Å². The van der Waals surface area contributed by atoms with Crippen LogP contribution in [0.4, 0.5) is 18.9 Å². The Bertz CT molecular complexity index is 531. The molecule has 20 heavy (non-hydrogen) atoms. The van der Waals surface area contributed by atoms with Gasteiger partial charge >= 0.3 is 6.18 Å². The van der Waals surface area contributed by atoms with Crippen molar-refractivity contribution in [3.8, 4) is 0 Å². The van der Waals surface area contributed by atoms with Crippen LogP contribution in [-0.2, 0) is 0 Å². The highest BCUT2D eigenvalue weighted by Crippen LogP contribution is 2.21. The summed E-state index contributed by atoms with van der Waals surface area (Å²) in [6, 6.07) is 3.68. The molecule has 1 aromatic carbocycles. The first kappa shape index (κ1) is 15.9. The van der Waals surface area contributed by atoms with Gasteiger partial charge in [0.05, 0.1) is 11.5 Å². The number of amides is 1. The molecule has 0 radical (unpaired) electrons. The van der Waals surface area contributed by atoms with E-state index in [-0.39, 0.29) is 5.56 Å². The molecule has 0 aromatic heterocycles. The molecule has 1 unspecified atom stereocenters. The van der Waals surface area contributed by atoms with Gasteiger partial charge in [-0.15, -0.1) is 0 Å². The van der Waals surface area contributed by atoms with Crippen molar-refractivity contribution in [3.05, 3.63) is 39.4 Å². The number of nitro groups is 1. The van der Waals surface area contributed by atoms with Crippen LogP contribution in [0, 0.1) is 17.0 Å². The van der Waals surface area contributed by atoms with Gasteiger partial charge in [-0.25, -0.2) is 0 Å². The van der Waals surface area contributed by atoms with Crippen molar-refractivity contribution in [2.24, 2.45) is 0 Å². The second kappa shape index (κ2) is 5.87. The molecule has 0 heterocycles. The first-order valence-corrected chi connectivity index (χ1v) is 5.41. The van der Waals surface area contributed by atoms with E-state index in [4.69, 9.17) is 5.11 Å². The number of aliphatic hydroxyl groups excluding tert-OH is 1. The number of halogens is 3. The van der Waals surface area contributed by atoms with E-state index < -0.39 is 35.3 Å². The maximum Gasteiger partial charge on any atom is 0.416 e. The molecule has 2 N–H and O–H groups in total. The summed E-state index contributed by atoms with van der Waals surface area (Å²) in [7, 11) is 0. The molecule has 0 saturated carbocycles. The van der Waals surface area contributed by atoms with Gasteiger partial charge in [0.25, 0.3) is 11.6 Å². The van der Waals surface area contributed by atoms with E-state index in [9.17, 15) is 28.1 Å². The van der Waals surface area contributed by atoms with Gasteiger partial charge in [-0.3, -0.25) is 14.9 Å². The van der Waals surface area contributed by atoms with Crippen molar-refractivity contribution in [2.75, 3.05) is 6.54 Å². The number of nitrogens with one attached hydrogen (secondary N) is 1. The normalized spacial score (nSPS) is 12.8. The van der Waals surface area contributed by atoms with Gasteiger partial charge < -0.3 is 10.4 Å². The second-order valence-electron chi connectivity index (χ2n) is 4.05. The van der Waals surface area contributed by atoms with E-state index >= 15 is 0 Å². The van der Waals surface area contributed by atoms with Gasteiger partial charge in [0.1, 0.15) is 5.56 Å². The number of hydrogen-bond donors (Lipinski definition) is 2. The maximum absolute atomic E-state index is 12.1. The summed E-state index contributed by atoms with van der Waals surface area (Å²) in [6.45, 7) is 0.499. The third-order valence-electron chi connectivity index (χ3n) is 2.43. The third kappa shape index (κ3) is 3.92. The average Bonchev–Trinajstić information content (AvgIpc) is 2.33. The van der Waals surface area contributed by atoms with E-state index in [0.717, 1.165) is 6.07 Å². The lowest BCUT2D eigenvalue weighted by Crippen LogP contribution is -2.40. The molecular formula is C11H11F3N2O4. The standard InChI is InChI=1S/C11H11F3N2O4/c1-6-2-3-8(16(19)20)7(4-6)10(18)15-5-9(17)11(12,13)14/h2-4,9,17H,5H2,1H3,(H,15,18). The zero-order chi connectivity index (χ0) is 15.5. The van der Waals surface area contributed by atoms with Crippen LogP contribution >= 0.6 is 0 Å². The third-order valence-corrected chi connectivity index (χ3v) is 2.43. The van der Waals surface area contributed by atoms with E-state index in [1.54, 1.807) is 6.92 Å². The Morgan fingerprint density at radius 1 is 1.50 bits per heavy atom. The first-order valence-electron chi connectivity index (χ1n) is 5.41. The summed E-state index contributed by atoms with van der Waals surface area (Å²) >= 11 is 0. The predicted octanol–water partition coefficient (Wildman–Crippen LogP) is 1.56. The van der Waals surface area contributed by atoms with Crippen molar-refractivity contribution in [1.82, 2.24) is 5.32 Å². The summed E-state index contributed by atoms with van der Waals surface area (Å²) in [5, 5.41) is 21.3. The number of carbonyl (C=O) groups is 1. The van der Waals surface area contributed by atoms with E-state index in [0.29, 0.717) is 5.56 Å². The molecule has 6 nitrogen and oxygen atoms in total. The minimum absolute atomic E-state index is 0.357. The number of hydrogen-bond acceptors (Lipinski definition) is 4. The molecule has 1 aromatic rings. The lowest BCUT2D eigenvalue weighted by Gasteiger charge is -2.15. The lowest BCUT2D eigenvalue weighted by molar-refractivity contribution is -0.385. The van der Waals surface area contributed by atoms with Crippen LogP contribution in [0.5, 0.6) is 0 Å². The summed E-state index contributed by atoms with van der Waals surface area (Å²) in [4.78, 5) is 21.6. The Kier molecular flexibility index (Phi) is 4.66. The molecule has 0 fully saturated rings. The van der Waals surface area contributed by atoms with E-state index in [1.807, 2.05) is 5.32 Å². The number of aliphatic hydroxyl groups is 1. The molecule has 0 bridgehead atoms. The average molecular weight is 292 g/mol. The molecule has 9 heteroatoms. The molecule has 110 valence electrons. The molecule has 0 aliphatic heterocycles. The molecule has 1 rings (SSSR count). The quantitative estimate of drug-likeness (QED) is 0.650. The fraction of sp³-hybridized carbons (Fsp3) is 0.364. The minimum atomic E-state index is -4.87. The summed E-state index contributed by atoms with van der Waals surface area (Å²) in [5.41, 5.74) is -0.337. The van der Waals surface area contributed by atoms with Gasteiger partial charge in [-0.1, -0.05) is 6.07 Å². The Balaban J connectivity index is 2.88. The van der Waals surface area contributed by atoms with Crippen molar-refractivity contribution < 1.29 is 28.0 Å². The van der Waals surface area contributed by atoms with Crippen LogP contribution in [0.2, 0.25) is 0 Å². The highest BCUT2D eigenvalue weighted by molar-refractivity contribution is 5.98. The zero-order valence-electron chi connectivity index (χ0n) is 10.3. The Hall–Kier alpha value is -2.16. The van der Waals surface area contributed by atoms with Gasteiger partial charge in [0.2, 0.25) is 0 Å². The summed E-state index contributed by atoms with van der Waals surface area (Å²) < 4.78 is 36.2. The van der Waals surface area contributed by atoms with Crippen LogP contribution in [0.3, 0.4) is 0 Å². The number of alkyl halides is 3. The molecular weight excluding hydrogens is 281 g/mol. The highest BCUT2D eigenvalue weighted by Gasteiger charge is 2.38. The lowest BCUT2D eigenvalue weighted by atomic mass is 10.1. The molecule has 0 spiro atoms. The number of carbonyl (C=O) groups excluding carboxylic acids is 1. The number of aryl methyl sites for hydroxylation is 1. The topological polar surface area (TPSA) is 92.5 Å². The van der Waals surface area contributed by atoms with Crippen LogP contribution in [0.1, 0.15) is 15.9 Å². The molecule has 0 aliphatic rings. The van der Waals surface area contributed by atoms with E-state index in [2.05, 4.69) is 0 Å². The summed E-state index contributed by atoms with van der Waals surface area (Å²) in [6.07, 6.45) is -7.60. The van der Waals surface area contributed by atoms with Crippen LogP contribution in [-0.4, -0.2) is 34.8 Å². The summed E-state index contributed by atoms with van der Waals surface area (Å²) in [5.74, 6) is -1.05. The SMILES string of the molecule is Cc1ccc([N+](=O)[O-])c(C(=O)NCC(O)C(F)(F)F)c1.